The number of nitrogens with zero attached hydrogens (tertiary/aromatic N) is 1. The number of rotatable bonds is 3. The van der Waals surface area contributed by atoms with Crippen molar-refractivity contribution in [2.75, 3.05) is 18.8 Å². The molecule has 6 nitrogen and oxygen atoms in total. The van der Waals surface area contributed by atoms with Crippen molar-refractivity contribution in [2.45, 2.75) is 45.3 Å². The lowest BCUT2D eigenvalue weighted by molar-refractivity contribution is -0.153. The molecule has 0 saturated carbocycles. The average Bonchev–Trinajstić information content (AvgIpc) is 2.26. The maximum atomic E-state index is 12.1. The summed E-state index contributed by atoms with van der Waals surface area (Å²) in [5, 5.41) is 9.20. The minimum atomic E-state index is -3.54. The molecule has 1 aliphatic rings. The first-order chi connectivity index (χ1) is 8.89. The van der Waals surface area contributed by atoms with Crippen molar-refractivity contribution in [3.05, 3.63) is 0 Å². The van der Waals surface area contributed by atoms with Crippen molar-refractivity contribution < 1.29 is 23.1 Å². The van der Waals surface area contributed by atoms with Gasteiger partial charge in [0.05, 0.1) is 10.2 Å². The number of carbonyl (C=O) groups is 2. The summed E-state index contributed by atoms with van der Waals surface area (Å²) in [6, 6.07) is 0. The number of hydrogen-bond donors (Lipinski definition) is 1. The number of amides is 1. The predicted octanol–water partition coefficient (Wildman–Crippen LogP) is 0.913. The normalized spacial score (nSPS) is 24.5. The van der Waals surface area contributed by atoms with E-state index >= 15 is 0 Å². The minimum absolute atomic E-state index is 0.0703. The molecule has 1 heterocycles. The number of carboxylic acid groups (broad SMARTS) is 1. The predicted molar refractivity (Wildman–Crippen MR) is 75.1 cm³/mol. The lowest BCUT2D eigenvalue weighted by Gasteiger charge is -2.37. The number of carbonyl (C=O) groups excluding carboxylic acids is 1. The maximum absolute atomic E-state index is 12.1. The third kappa shape index (κ3) is 3.50. The summed E-state index contributed by atoms with van der Waals surface area (Å²) < 4.78 is 23.1. The zero-order valence-electron chi connectivity index (χ0n) is 12.5. The van der Waals surface area contributed by atoms with E-state index in [9.17, 15) is 23.1 Å². The number of piperidine rings is 1. The Kier molecular flexibility index (Phi) is 4.53. The highest BCUT2D eigenvalue weighted by molar-refractivity contribution is 7.93. The standard InChI is InChI=1S/C13H23NO5S/c1-12(2,3)20(18,19)8-10(15)14-7-5-6-13(4,9-14)11(16)17/h5-9H2,1-4H3,(H,16,17). The zero-order chi connectivity index (χ0) is 15.8. The Bertz CT molecular complexity index is 505. The van der Waals surface area contributed by atoms with Crippen LogP contribution in [0, 0.1) is 5.41 Å². The van der Waals surface area contributed by atoms with Crippen LogP contribution in [-0.2, 0) is 19.4 Å². The second-order valence-corrected chi connectivity index (χ2v) is 9.40. The first kappa shape index (κ1) is 16.9. The Labute approximate surface area is 120 Å². The van der Waals surface area contributed by atoms with Gasteiger partial charge in [-0.2, -0.15) is 0 Å². The molecule has 0 aromatic rings. The molecule has 1 atom stereocenters. The van der Waals surface area contributed by atoms with E-state index in [1.54, 1.807) is 27.7 Å². The molecule has 0 aromatic carbocycles. The monoisotopic (exact) mass is 305 g/mol. The molecular formula is C13H23NO5S. The van der Waals surface area contributed by atoms with Gasteiger partial charge in [0, 0.05) is 13.1 Å². The SMILES string of the molecule is CC1(C(=O)O)CCCN(C(=O)CS(=O)(=O)C(C)(C)C)C1. The van der Waals surface area contributed by atoms with Crippen LogP contribution < -0.4 is 0 Å². The van der Waals surface area contributed by atoms with E-state index in [1.165, 1.54) is 4.90 Å². The van der Waals surface area contributed by atoms with Gasteiger partial charge in [-0.25, -0.2) is 8.42 Å². The van der Waals surface area contributed by atoms with Gasteiger partial charge in [0.1, 0.15) is 5.75 Å². The molecule has 0 bridgehead atoms. The maximum Gasteiger partial charge on any atom is 0.311 e. The first-order valence-electron chi connectivity index (χ1n) is 6.62. The van der Waals surface area contributed by atoms with Gasteiger partial charge in [-0.15, -0.1) is 0 Å². The second kappa shape index (κ2) is 5.35. The van der Waals surface area contributed by atoms with Crippen LogP contribution in [0.2, 0.25) is 0 Å². The highest BCUT2D eigenvalue weighted by atomic mass is 32.2. The quantitative estimate of drug-likeness (QED) is 0.837. The van der Waals surface area contributed by atoms with Gasteiger partial charge in [-0.05, 0) is 40.5 Å². The summed E-state index contributed by atoms with van der Waals surface area (Å²) in [5.74, 6) is -2.02. The Hall–Kier alpha value is -1.11. The number of carboxylic acids is 1. The molecular weight excluding hydrogens is 282 g/mol. The van der Waals surface area contributed by atoms with Crippen LogP contribution in [0.25, 0.3) is 0 Å². The first-order valence-corrected chi connectivity index (χ1v) is 8.28. The van der Waals surface area contributed by atoms with Crippen LogP contribution in [0.4, 0.5) is 0 Å². The number of aliphatic carboxylic acids is 1. The van der Waals surface area contributed by atoms with Gasteiger partial charge < -0.3 is 10.0 Å². The molecule has 1 aliphatic heterocycles. The molecule has 1 N–H and O–H groups in total. The van der Waals surface area contributed by atoms with Crippen molar-refractivity contribution in [1.29, 1.82) is 0 Å². The van der Waals surface area contributed by atoms with Gasteiger partial charge in [0.15, 0.2) is 9.84 Å². The van der Waals surface area contributed by atoms with Crippen molar-refractivity contribution in [2.24, 2.45) is 5.41 Å². The molecule has 20 heavy (non-hydrogen) atoms. The molecule has 1 amide bonds. The van der Waals surface area contributed by atoms with E-state index in [2.05, 4.69) is 0 Å². The van der Waals surface area contributed by atoms with Crippen molar-refractivity contribution in [1.82, 2.24) is 4.90 Å². The van der Waals surface area contributed by atoms with Crippen molar-refractivity contribution in [3.8, 4) is 0 Å². The molecule has 1 saturated heterocycles. The Balaban J connectivity index is 2.82. The van der Waals surface area contributed by atoms with Crippen LogP contribution in [0.3, 0.4) is 0 Å². The topological polar surface area (TPSA) is 91.8 Å². The van der Waals surface area contributed by atoms with Crippen LogP contribution in [-0.4, -0.2) is 53.9 Å². The lowest BCUT2D eigenvalue weighted by atomic mass is 9.82. The molecule has 116 valence electrons. The van der Waals surface area contributed by atoms with Gasteiger partial charge in [0.25, 0.3) is 0 Å². The molecule has 0 aromatic heterocycles. The molecule has 1 unspecified atom stereocenters. The van der Waals surface area contributed by atoms with E-state index in [0.29, 0.717) is 19.4 Å². The fourth-order valence-electron chi connectivity index (χ4n) is 2.10. The Morgan fingerprint density at radius 1 is 1.30 bits per heavy atom. The van der Waals surface area contributed by atoms with Crippen LogP contribution >= 0.6 is 0 Å². The molecule has 1 rings (SSSR count). The molecule has 0 spiro atoms. The fourth-order valence-corrected chi connectivity index (χ4v) is 3.04. The highest BCUT2D eigenvalue weighted by Gasteiger charge is 2.41. The number of hydrogen-bond acceptors (Lipinski definition) is 4. The van der Waals surface area contributed by atoms with Crippen molar-refractivity contribution in [3.63, 3.8) is 0 Å². The lowest BCUT2D eigenvalue weighted by Crippen LogP contribution is -2.50. The van der Waals surface area contributed by atoms with Gasteiger partial charge in [-0.1, -0.05) is 0 Å². The highest BCUT2D eigenvalue weighted by Crippen LogP contribution is 2.30. The van der Waals surface area contributed by atoms with Crippen LogP contribution in [0.5, 0.6) is 0 Å². The second-order valence-electron chi connectivity index (χ2n) is 6.66. The smallest absolute Gasteiger partial charge is 0.311 e. The number of likely N-dealkylation sites (tertiary alicyclic amines) is 1. The zero-order valence-corrected chi connectivity index (χ0v) is 13.3. The third-order valence-corrected chi connectivity index (χ3v) is 6.30. The molecule has 0 radical (unpaired) electrons. The summed E-state index contributed by atoms with van der Waals surface area (Å²) in [4.78, 5) is 24.7. The fraction of sp³-hybridized carbons (Fsp3) is 0.846. The molecule has 1 fully saturated rings. The van der Waals surface area contributed by atoms with E-state index in [4.69, 9.17) is 0 Å². The van der Waals surface area contributed by atoms with E-state index in [1.807, 2.05) is 0 Å². The van der Waals surface area contributed by atoms with E-state index in [0.717, 1.165) is 0 Å². The number of sulfone groups is 1. The summed E-state index contributed by atoms with van der Waals surface area (Å²) in [7, 11) is -3.54. The van der Waals surface area contributed by atoms with Crippen LogP contribution in [0.15, 0.2) is 0 Å². The van der Waals surface area contributed by atoms with E-state index in [-0.39, 0.29) is 6.54 Å². The summed E-state index contributed by atoms with van der Waals surface area (Å²) in [6.45, 7) is 6.72. The van der Waals surface area contributed by atoms with Gasteiger partial charge in [0.2, 0.25) is 5.91 Å². The largest absolute Gasteiger partial charge is 0.481 e. The van der Waals surface area contributed by atoms with E-state index < -0.39 is 37.6 Å². The van der Waals surface area contributed by atoms with Gasteiger partial charge in [-0.3, -0.25) is 9.59 Å². The average molecular weight is 305 g/mol. The minimum Gasteiger partial charge on any atom is -0.481 e. The molecule has 0 aliphatic carbocycles. The summed E-state index contributed by atoms with van der Waals surface area (Å²) >= 11 is 0. The molecule has 7 heteroatoms. The third-order valence-electron chi connectivity index (χ3n) is 3.81. The Morgan fingerprint density at radius 2 is 1.85 bits per heavy atom. The van der Waals surface area contributed by atoms with Gasteiger partial charge >= 0.3 is 5.97 Å². The summed E-state index contributed by atoms with van der Waals surface area (Å²) in [6.07, 6.45) is 1.07. The van der Waals surface area contributed by atoms with Crippen LogP contribution in [0.1, 0.15) is 40.5 Å². The van der Waals surface area contributed by atoms with Crippen molar-refractivity contribution >= 4 is 21.7 Å². The Morgan fingerprint density at radius 3 is 2.30 bits per heavy atom. The summed E-state index contributed by atoms with van der Waals surface area (Å²) in [5.41, 5.74) is -0.987.